The molecule has 1 aromatic carbocycles. The molecule has 6 nitrogen and oxygen atoms in total. The molecule has 1 aromatic heterocycles. The second kappa shape index (κ2) is 7.05. The first kappa shape index (κ1) is 17.0. The van der Waals surface area contributed by atoms with Gasteiger partial charge in [-0.1, -0.05) is 12.1 Å². The SMILES string of the molecule is CN1CCN(C(=O)c2ccc(-c3cnc4c(c3)C(O)CCN4)cc2)CC1. The van der Waals surface area contributed by atoms with Crippen molar-refractivity contribution in [3.8, 4) is 11.1 Å². The fourth-order valence-corrected chi connectivity index (χ4v) is 3.52. The topological polar surface area (TPSA) is 68.7 Å². The second-order valence-electron chi connectivity index (χ2n) is 7.07. The summed E-state index contributed by atoms with van der Waals surface area (Å²) >= 11 is 0. The summed E-state index contributed by atoms with van der Waals surface area (Å²) in [4.78, 5) is 21.2. The smallest absolute Gasteiger partial charge is 0.253 e. The van der Waals surface area contributed by atoms with Gasteiger partial charge in [0.15, 0.2) is 0 Å². The van der Waals surface area contributed by atoms with E-state index in [1.807, 2.05) is 35.2 Å². The molecule has 1 amide bonds. The van der Waals surface area contributed by atoms with Crippen LogP contribution in [0.2, 0.25) is 0 Å². The Labute approximate surface area is 153 Å². The molecule has 3 heterocycles. The summed E-state index contributed by atoms with van der Waals surface area (Å²) in [6, 6.07) is 9.65. The van der Waals surface area contributed by atoms with Crippen molar-refractivity contribution >= 4 is 11.7 Å². The maximum absolute atomic E-state index is 12.6. The number of carbonyl (C=O) groups is 1. The van der Waals surface area contributed by atoms with E-state index in [9.17, 15) is 9.90 Å². The van der Waals surface area contributed by atoms with Crippen molar-refractivity contribution in [3.63, 3.8) is 0 Å². The molecule has 136 valence electrons. The average Bonchev–Trinajstić information content (AvgIpc) is 2.68. The third kappa shape index (κ3) is 3.30. The largest absolute Gasteiger partial charge is 0.388 e. The number of anilines is 1. The lowest BCUT2D eigenvalue weighted by Crippen LogP contribution is -2.47. The van der Waals surface area contributed by atoms with Crippen molar-refractivity contribution in [1.29, 1.82) is 0 Å². The Bertz CT molecular complexity index is 798. The van der Waals surface area contributed by atoms with Gasteiger partial charge in [-0.15, -0.1) is 0 Å². The van der Waals surface area contributed by atoms with Crippen LogP contribution in [0.15, 0.2) is 36.5 Å². The minimum atomic E-state index is -0.475. The lowest BCUT2D eigenvalue weighted by Gasteiger charge is -2.32. The lowest BCUT2D eigenvalue weighted by atomic mass is 9.98. The Kier molecular flexibility index (Phi) is 4.61. The molecule has 2 aromatic rings. The molecule has 2 N–H and O–H groups in total. The summed E-state index contributed by atoms with van der Waals surface area (Å²) < 4.78 is 0. The minimum Gasteiger partial charge on any atom is -0.388 e. The molecule has 0 radical (unpaired) electrons. The number of hydrogen-bond acceptors (Lipinski definition) is 5. The number of hydrogen-bond donors (Lipinski definition) is 2. The van der Waals surface area contributed by atoms with Gasteiger partial charge in [0.2, 0.25) is 0 Å². The van der Waals surface area contributed by atoms with Crippen molar-refractivity contribution in [1.82, 2.24) is 14.8 Å². The summed E-state index contributed by atoms with van der Waals surface area (Å²) in [5.74, 6) is 0.849. The van der Waals surface area contributed by atoms with Gasteiger partial charge >= 0.3 is 0 Å². The predicted molar refractivity (Wildman–Crippen MR) is 101 cm³/mol. The molecule has 26 heavy (non-hydrogen) atoms. The first-order valence-corrected chi connectivity index (χ1v) is 9.12. The number of piperazine rings is 1. The second-order valence-corrected chi connectivity index (χ2v) is 7.07. The molecular formula is C20H24N4O2. The molecule has 2 aliphatic rings. The van der Waals surface area contributed by atoms with E-state index >= 15 is 0 Å². The molecule has 0 saturated carbocycles. The molecule has 1 unspecified atom stereocenters. The van der Waals surface area contributed by atoms with Crippen LogP contribution in [-0.4, -0.2) is 65.6 Å². The standard InChI is InChI=1S/C20H24N4O2/c1-23-8-10-24(11-9-23)20(26)15-4-2-14(3-5-15)16-12-17-18(25)6-7-21-19(17)22-13-16/h2-5,12-13,18,25H,6-11H2,1H3,(H,21,22). The summed E-state index contributed by atoms with van der Waals surface area (Å²) in [5, 5.41) is 13.4. The van der Waals surface area contributed by atoms with Crippen LogP contribution in [-0.2, 0) is 0 Å². The van der Waals surface area contributed by atoms with E-state index in [4.69, 9.17) is 0 Å². The zero-order valence-corrected chi connectivity index (χ0v) is 15.0. The first-order chi connectivity index (χ1) is 12.6. The van der Waals surface area contributed by atoms with E-state index in [1.54, 1.807) is 6.20 Å². The van der Waals surface area contributed by atoms with Gasteiger partial charge < -0.3 is 20.2 Å². The summed E-state index contributed by atoms with van der Waals surface area (Å²) in [6.45, 7) is 4.12. The zero-order valence-electron chi connectivity index (χ0n) is 15.0. The average molecular weight is 352 g/mol. The third-order valence-electron chi connectivity index (χ3n) is 5.24. The summed E-state index contributed by atoms with van der Waals surface area (Å²) in [6.07, 6.45) is 2.02. The maximum Gasteiger partial charge on any atom is 0.253 e. The first-order valence-electron chi connectivity index (χ1n) is 9.12. The van der Waals surface area contributed by atoms with E-state index in [2.05, 4.69) is 22.2 Å². The predicted octanol–water partition coefficient (Wildman–Crippen LogP) is 1.99. The minimum absolute atomic E-state index is 0.0906. The van der Waals surface area contributed by atoms with E-state index in [-0.39, 0.29) is 5.91 Å². The van der Waals surface area contributed by atoms with Crippen LogP contribution in [0.5, 0.6) is 0 Å². The Morgan fingerprint density at radius 1 is 1.15 bits per heavy atom. The van der Waals surface area contributed by atoms with Crippen LogP contribution in [0.25, 0.3) is 11.1 Å². The maximum atomic E-state index is 12.6. The highest BCUT2D eigenvalue weighted by Crippen LogP contribution is 2.31. The van der Waals surface area contributed by atoms with Gasteiger partial charge in [0.25, 0.3) is 5.91 Å². The number of aromatic nitrogens is 1. The number of likely N-dealkylation sites (N-methyl/N-ethyl adjacent to an activating group) is 1. The molecule has 0 spiro atoms. The van der Waals surface area contributed by atoms with Crippen LogP contribution in [0, 0.1) is 0 Å². The number of amides is 1. The van der Waals surface area contributed by atoms with Crippen molar-refractivity contribution in [3.05, 3.63) is 47.7 Å². The fourth-order valence-electron chi connectivity index (χ4n) is 3.52. The Morgan fingerprint density at radius 3 is 2.62 bits per heavy atom. The number of pyridine rings is 1. The van der Waals surface area contributed by atoms with Crippen molar-refractivity contribution in [2.24, 2.45) is 0 Å². The number of nitrogens with zero attached hydrogens (tertiary/aromatic N) is 3. The monoisotopic (exact) mass is 352 g/mol. The number of benzene rings is 1. The van der Waals surface area contributed by atoms with E-state index < -0.39 is 6.10 Å². The summed E-state index contributed by atoms with van der Waals surface area (Å²) in [7, 11) is 2.08. The highest BCUT2D eigenvalue weighted by Gasteiger charge is 2.21. The van der Waals surface area contributed by atoms with Gasteiger partial charge in [-0.25, -0.2) is 4.98 Å². The van der Waals surface area contributed by atoms with Crippen molar-refractivity contribution in [2.45, 2.75) is 12.5 Å². The molecule has 1 atom stereocenters. The van der Waals surface area contributed by atoms with E-state index in [1.165, 1.54) is 0 Å². The number of fused-ring (bicyclic) bond motifs is 1. The molecule has 1 saturated heterocycles. The summed E-state index contributed by atoms with van der Waals surface area (Å²) in [5.41, 5.74) is 3.50. The Balaban J connectivity index is 1.53. The van der Waals surface area contributed by atoms with Gasteiger partial charge in [-0.3, -0.25) is 4.79 Å². The normalized spacial score (nSPS) is 20.4. The molecule has 0 bridgehead atoms. The van der Waals surface area contributed by atoms with Gasteiger partial charge in [0.05, 0.1) is 6.10 Å². The molecule has 2 aliphatic heterocycles. The van der Waals surface area contributed by atoms with Gasteiger partial charge in [0, 0.05) is 55.6 Å². The van der Waals surface area contributed by atoms with Crippen molar-refractivity contribution < 1.29 is 9.90 Å². The van der Waals surface area contributed by atoms with E-state index in [0.717, 1.165) is 55.2 Å². The van der Waals surface area contributed by atoms with Gasteiger partial charge in [-0.05, 0) is 37.2 Å². The van der Waals surface area contributed by atoms with Gasteiger partial charge in [-0.2, -0.15) is 0 Å². The molecule has 1 fully saturated rings. The number of aliphatic hydroxyl groups is 1. The van der Waals surface area contributed by atoms with Crippen LogP contribution in [0.1, 0.15) is 28.4 Å². The van der Waals surface area contributed by atoms with Crippen LogP contribution in [0.3, 0.4) is 0 Å². The highest BCUT2D eigenvalue weighted by atomic mass is 16.3. The third-order valence-corrected chi connectivity index (χ3v) is 5.24. The quantitative estimate of drug-likeness (QED) is 0.865. The number of nitrogens with one attached hydrogen (secondary N) is 1. The molecule has 6 heteroatoms. The van der Waals surface area contributed by atoms with Crippen LogP contribution >= 0.6 is 0 Å². The van der Waals surface area contributed by atoms with Crippen molar-refractivity contribution in [2.75, 3.05) is 45.1 Å². The van der Waals surface area contributed by atoms with Crippen LogP contribution in [0.4, 0.5) is 5.82 Å². The number of rotatable bonds is 2. The van der Waals surface area contributed by atoms with E-state index in [0.29, 0.717) is 12.0 Å². The Hall–Kier alpha value is -2.44. The molecule has 0 aliphatic carbocycles. The van der Waals surface area contributed by atoms with Gasteiger partial charge in [0.1, 0.15) is 5.82 Å². The Morgan fingerprint density at radius 2 is 1.88 bits per heavy atom. The fraction of sp³-hybridized carbons (Fsp3) is 0.400. The van der Waals surface area contributed by atoms with Crippen LogP contribution < -0.4 is 5.32 Å². The lowest BCUT2D eigenvalue weighted by molar-refractivity contribution is 0.0664. The zero-order chi connectivity index (χ0) is 18.1. The molecule has 4 rings (SSSR count). The number of aliphatic hydroxyl groups excluding tert-OH is 1. The highest BCUT2D eigenvalue weighted by molar-refractivity contribution is 5.94. The number of carbonyl (C=O) groups excluding carboxylic acids is 1. The molecular weight excluding hydrogens is 328 g/mol.